The molecule has 0 bridgehead atoms. The van der Waals surface area contributed by atoms with Gasteiger partial charge in [0.25, 0.3) is 0 Å². The van der Waals surface area contributed by atoms with Gasteiger partial charge in [-0.15, -0.1) is 24.0 Å². The van der Waals surface area contributed by atoms with Crippen molar-refractivity contribution in [3.63, 3.8) is 0 Å². The van der Waals surface area contributed by atoms with Crippen molar-refractivity contribution in [3.05, 3.63) is 65.6 Å². The van der Waals surface area contributed by atoms with E-state index < -0.39 is 0 Å². The number of rotatable bonds is 4. The van der Waals surface area contributed by atoms with Crippen molar-refractivity contribution in [3.8, 4) is 0 Å². The first-order valence-corrected chi connectivity index (χ1v) is 7.68. The molecule has 0 aliphatic carbocycles. The summed E-state index contributed by atoms with van der Waals surface area (Å²) in [6.45, 7) is 4.73. The van der Waals surface area contributed by atoms with Gasteiger partial charge in [-0.1, -0.05) is 12.1 Å². The number of nitrogens with zero attached hydrogens (tertiary/aromatic N) is 3. The van der Waals surface area contributed by atoms with Crippen LogP contribution in [0.4, 0.5) is 5.69 Å². The van der Waals surface area contributed by atoms with Crippen molar-refractivity contribution in [2.75, 3.05) is 11.9 Å². The molecule has 0 amide bonds. The number of hydrogen-bond acceptors (Lipinski definition) is 2. The van der Waals surface area contributed by atoms with E-state index in [1.165, 1.54) is 11.1 Å². The van der Waals surface area contributed by atoms with Crippen LogP contribution in [0.15, 0.2) is 53.8 Å². The molecular formula is C18H22IN5. The molecule has 0 fully saturated rings. The Morgan fingerprint density at radius 1 is 1.21 bits per heavy atom. The molecular weight excluding hydrogens is 413 g/mol. The van der Waals surface area contributed by atoms with Crippen LogP contribution < -0.4 is 11.1 Å². The molecule has 3 N–H and O–H groups in total. The minimum atomic E-state index is 0. The van der Waals surface area contributed by atoms with E-state index in [-0.39, 0.29) is 24.0 Å². The highest BCUT2D eigenvalue weighted by Gasteiger charge is 2.01. The average Bonchev–Trinajstić information content (AvgIpc) is 2.88. The van der Waals surface area contributed by atoms with Gasteiger partial charge in [0, 0.05) is 31.0 Å². The molecule has 3 aromatic rings. The summed E-state index contributed by atoms with van der Waals surface area (Å²) in [5.41, 5.74) is 11.3. The molecule has 0 saturated heterocycles. The zero-order chi connectivity index (χ0) is 16.2. The van der Waals surface area contributed by atoms with E-state index in [9.17, 15) is 0 Å². The van der Waals surface area contributed by atoms with Crippen molar-refractivity contribution in [2.45, 2.75) is 20.3 Å². The number of benzene rings is 1. The monoisotopic (exact) mass is 435 g/mol. The lowest BCUT2D eigenvalue weighted by Crippen LogP contribution is -2.23. The summed E-state index contributed by atoms with van der Waals surface area (Å²) in [6, 6.07) is 12.2. The summed E-state index contributed by atoms with van der Waals surface area (Å²) in [6.07, 6.45) is 4.78. The second-order valence-electron chi connectivity index (χ2n) is 5.72. The van der Waals surface area contributed by atoms with Crippen LogP contribution in [-0.2, 0) is 6.42 Å². The Labute approximate surface area is 159 Å². The van der Waals surface area contributed by atoms with Gasteiger partial charge in [0.2, 0.25) is 0 Å². The van der Waals surface area contributed by atoms with Gasteiger partial charge in [-0.25, -0.2) is 4.98 Å². The highest BCUT2D eigenvalue weighted by Crippen LogP contribution is 2.13. The third kappa shape index (κ3) is 4.70. The number of guanidine groups is 1. The number of fused-ring (bicyclic) bond motifs is 1. The molecule has 0 spiro atoms. The first kappa shape index (κ1) is 18.3. The number of nitrogens with two attached hydrogens (primary N) is 1. The van der Waals surface area contributed by atoms with Crippen molar-refractivity contribution < 1.29 is 0 Å². The summed E-state index contributed by atoms with van der Waals surface area (Å²) < 4.78 is 2.01. The normalized spacial score (nSPS) is 11.3. The van der Waals surface area contributed by atoms with Crippen molar-refractivity contribution in [1.29, 1.82) is 0 Å². The predicted octanol–water partition coefficient (Wildman–Crippen LogP) is 3.54. The molecule has 5 nitrogen and oxygen atoms in total. The van der Waals surface area contributed by atoms with E-state index >= 15 is 0 Å². The topological polar surface area (TPSA) is 67.7 Å². The summed E-state index contributed by atoms with van der Waals surface area (Å²) in [7, 11) is 0. The molecule has 24 heavy (non-hydrogen) atoms. The average molecular weight is 435 g/mol. The van der Waals surface area contributed by atoms with Crippen molar-refractivity contribution in [2.24, 2.45) is 10.7 Å². The van der Waals surface area contributed by atoms with Crippen LogP contribution in [-0.4, -0.2) is 21.9 Å². The number of pyridine rings is 1. The Balaban J connectivity index is 0.00000208. The van der Waals surface area contributed by atoms with E-state index in [0.29, 0.717) is 12.5 Å². The molecule has 0 saturated carbocycles. The highest BCUT2D eigenvalue weighted by atomic mass is 127. The summed E-state index contributed by atoms with van der Waals surface area (Å²) in [5.74, 6) is 0.429. The van der Waals surface area contributed by atoms with Gasteiger partial charge in [-0.3, -0.25) is 4.99 Å². The molecule has 1 aromatic carbocycles. The van der Waals surface area contributed by atoms with Gasteiger partial charge in [0.05, 0.1) is 5.69 Å². The number of aryl methyl sites for hydroxylation is 2. The fourth-order valence-corrected chi connectivity index (χ4v) is 2.63. The molecule has 0 aliphatic rings. The summed E-state index contributed by atoms with van der Waals surface area (Å²) in [4.78, 5) is 8.93. The van der Waals surface area contributed by atoms with Gasteiger partial charge >= 0.3 is 0 Å². The number of aliphatic imine (C=N–C) groups is 1. The molecule has 2 heterocycles. The molecule has 0 unspecified atom stereocenters. The third-order valence-electron chi connectivity index (χ3n) is 3.56. The first-order valence-electron chi connectivity index (χ1n) is 7.68. The minimum Gasteiger partial charge on any atom is -0.370 e. The highest BCUT2D eigenvalue weighted by molar-refractivity contribution is 14.0. The maximum atomic E-state index is 5.96. The van der Waals surface area contributed by atoms with E-state index in [1.807, 2.05) is 35.0 Å². The van der Waals surface area contributed by atoms with E-state index in [0.717, 1.165) is 23.4 Å². The van der Waals surface area contributed by atoms with Crippen LogP contribution in [0, 0.1) is 13.8 Å². The third-order valence-corrected chi connectivity index (χ3v) is 3.56. The van der Waals surface area contributed by atoms with Crippen LogP contribution in [0.1, 0.15) is 16.8 Å². The van der Waals surface area contributed by atoms with Gasteiger partial charge in [-0.05, 0) is 49.2 Å². The number of imidazole rings is 1. The lowest BCUT2D eigenvalue weighted by molar-refractivity contribution is 0.934. The van der Waals surface area contributed by atoms with Crippen molar-refractivity contribution in [1.82, 2.24) is 9.38 Å². The standard InChI is InChI=1S/C18H21N5.HI/c1-13-9-14(2)11-16(10-13)22-18(19)20-7-6-15-12-23-8-4-3-5-17(23)21-15;/h3-5,8-12H,6-7H2,1-2H3,(H3,19,20,22);1H. The number of nitrogens with one attached hydrogen (secondary N) is 1. The number of anilines is 1. The second kappa shape index (κ2) is 8.14. The smallest absolute Gasteiger partial charge is 0.193 e. The Hall–Kier alpha value is -2.09. The lowest BCUT2D eigenvalue weighted by Gasteiger charge is -2.07. The Morgan fingerprint density at radius 3 is 2.67 bits per heavy atom. The molecule has 126 valence electrons. The summed E-state index contributed by atoms with van der Waals surface area (Å²) >= 11 is 0. The molecule has 0 radical (unpaired) electrons. The van der Waals surface area contributed by atoms with E-state index in [2.05, 4.69) is 47.3 Å². The van der Waals surface area contributed by atoms with Crippen LogP contribution in [0.25, 0.3) is 5.65 Å². The number of halogens is 1. The van der Waals surface area contributed by atoms with Gasteiger partial charge < -0.3 is 15.5 Å². The number of aromatic nitrogens is 2. The molecule has 3 rings (SSSR count). The molecule has 2 aromatic heterocycles. The SMILES string of the molecule is Cc1cc(C)cc(NC(N)=NCCc2cn3ccccc3n2)c1.I. The zero-order valence-electron chi connectivity index (χ0n) is 13.9. The largest absolute Gasteiger partial charge is 0.370 e. The maximum absolute atomic E-state index is 5.96. The summed E-state index contributed by atoms with van der Waals surface area (Å²) in [5, 5.41) is 3.14. The molecule has 0 aliphatic heterocycles. The van der Waals surface area contributed by atoms with Gasteiger partial charge in [0.15, 0.2) is 5.96 Å². The zero-order valence-corrected chi connectivity index (χ0v) is 16.2. The predicted molar refractivity (Wildman–Crippen MR) is 110 cm³/mol. The maximum Gasteiger partial charge on any atom is 0.193 e. The number of hydrogen-bond donors (Lipinski definition) is 2. The van der Waals surface area contributed by atoms with Crippen LogP contribution in [0.2, 0.25) is 0 Å². The fraction of sp³-hybridized carbons (Fsp3) is 0.222. The second-order valence-corrected chi connectivity index (χ2v) is 5.72. The molecule has 0 atom stereocenters. The lowest BCUT2D eigenvalue weighted by atomic mass is 10.1. The van der Waals surface area contributed by atoms with Gasteiger partial charge in [-0.2, -0.15) is 0 Å². The minimum absolute atomic E-state index is 0. The van der Waals surface area contributed by atoms with E-state index in [1.54, 1.807) is 0 Å². The van der Waals surface area contributed by atoms with Gasteiger partial charge in [0.1, 0.15) is 5.65 Å². The first-order chi connectivity index (χ1) is 11.1. The fourth-order valence-electron chi connectivity index (χ4n) is 2.63. The quantitative estimate of drug-likeness (QED) is 0.374. The Kier molecular flexibility index (Phi) is 6.19. The van der Waals surface area contributed by atoms with Crippen molar-refractivity contribution >= 4 is 41.3 Å². The van der Waals surface area contributed by atoms with Crippen LogP contribution in [0.3, 0.4) is 0 Å². The Morgan fingerprint density at radius 2 is 1.96 bits per heavy atom. The Bertz CT molecular complexity index is 800. The van der Waals surface area contributed by atoms with Crippen LogP contribution >= 0.6 is 24.0 Å². The van der Waals surface area contributed by atoms with Crippen LogP contribution in [0.5, 0.6) is 0 Å². The molecule has 6 heteroatoms. The van der Waals surface area contributed by atoms with E-state index in [4.69, 9.17) is 5.73 Å².